The van der Waals surface area contributed by atoms with E-state index < -0.39 is 0 Å². The first-order chi connectivity index (χ1) is 7.33. The predicted molar refractivity (Wildman–Crippen MR) is 58.4 cm³/mol. The molecule has 1 unspecified atom stereocenters. The molecule has 0 aromatic rings. The zero-order chi connectivity index (χ0) is 10.9. The summed E-state index contributed by atoms with van der Waals surface area (Å²) in [5.74, 6) is 0.103. The van der Waals surface area contributed by atoms with Crippen LogP contribution in [0.5, 0.6) is 0 Å². The van der Waals surface area contributed by atoms with Crippen molar-refractivity contribution in [2.75, 3.05) is 0 Å². The lowest BCUT2D eigenvalue weighted by molar-refractivity contribution is -0.121. The number of rotatable bonds is 4. The fourth-order valence-corrected chi connectivity index (χ4v) is 1.54. The monoisotopic (exact) mass is 207 g/mol. The number of amides is 1. The number of hydrogen-bond acceptors (Lipinski definition) is 3. The molecule has 82 valence electrons. The molecule has 1 aliphatic rings. The molecule has 0 aromatic carbocycles. The van der Waals surface area contributed by atoms with Crippen LogP contribution in [-0.2, 0) is 4.79 Å². The molecule has 1 rings (SSSR count). The molecule has 0 aromatic heterocycles. The Morgan fingerprint density at radius 2 is 2.47 bits per heavy atom. The van der Waals surface area contributed by atoms with E-state index in [2.05, 4.69) is 16.4 Å². The van der Waals surface area contributed by atoms with Gasteiger partial charge in [0.05, 0.1) is 6.07 Å². The predicted octanol–water partition coefficient (Wildman–Crippen LogP) is 1.77. The standard InChI is InChI=1S/C11H17N3O/c12-8-4-1-5-9-13-10-6-2-3-7-11(15)14-10/h9-10H,1-7H2,(H,14,15). The van der Waals surface area contributed by atoms with Gasteiger partial charge in [0.15, 0.2) is 0 Å². The van der Waals surface area contributed by atoms with Crippen LogP contribution in [0.1, 0.15) is 44.9 Å². The van der Waals surface area contributed by atoms with Crippen LogP contribution in [-0.4, -0.2) is 18.3 Å². The van der Waals surface area contributed by atoms with Crippen molar-refractivity contribution in [1.82, 2.24) is 5.32 Å². The summed E-state index contributed by atoms with van der Waals surface area (Å²) in [4.78, 5) is 15.5. The maximum atomic E-state index is 11.2. The molecule has 1 fully saturated rings. The van der Waals surface area contributed by atoms with Crippen LogP contribution in [0.4, 0.5) is 0 Å². The molecule has 1 saturated heterocycles. The van der Waals surface area contributed by atoms with E-state index in [9.17, 15) is 4.79 Å². The van der Waals surface area contributed by atoms with Gasteiger partial charge in [0, 0.05) is 19.1 Å². The number of aliphatic imine (C=N–C) groups is 1. The van der Waals surface area contributed by atoms with Gasteiger partial charge < -0.3 is 5.32 Å². The Kier molecular flexibility index (Phi) is 5.46. The number of hydrogen-bond donors (Lipinski definition) is 1. The highest BCUT2D eigenvalue weighted by atomic mass is 16.1. The fourth-order valence-electron chi connectivity index (χ4n) is 1.54. The van der Waals surface area contributed by atoms with Gasteiger partial charge in [-0.3, -0.25) is 9.79 Å². The molecule has 0 aliphatic carbocycles. The zero-order valence-electron chi connectivity index (χ0n) is 8.91. The summed E-state index contributed by atoms with van der Waals surface area (Å²) in [5.41, 5.74) is 0. The van der Waals surface area contributed by atoms with Gasteiger partial charge >= 0.3 is 0 Å². The van der Waals surface area contributed by atoms with E-state index in [0.717, 1.165) is 32.1 Å². The van der Waals surface area contributed by atoms with Gasteiger partial charge in [-0.2, -0.15) is 5.26 Å². The van der Waals surface area contributed by atoms with Gasteiger partial charge in [-0.25, -0.2) is 0 Å². The lowest BCUT2D eigenvalue weighted by Crippen LogP contribution is -2.31. The van der Waals surface area contributed by atoms with E-state index in [-0.39, 0.29) is 12.1 Å². The molecule has 0 bridgehead atoms. The molecular formula is C11H17N3O. The van der Waals surface area contributed by atoms with Crippen LogP contribution >= 0.6 is 0 Å². The van der Waals surface area contributed by atoms with E-state index in [1.165, 1.54) is 0 Å². The summed E-state index contributed by atoms with van der Waals surface area (Å²) in [7, 11) is 0. The number of unbranched alkanes of at least 4 members (excludes halogenated alkanes) is 2. The van der Waals surface area contributed by atoms with E-state index in [0.29, 0.717) is 12.8 Å². The van der Waals surface area contributed by atoms with E-state index in [1.54, 1.807) is 0 Å². The minimum Gasteiger partial charge on any atom is -0.334 e. The molecule has 0 spiro atoms. The topological polar surface area (TPSA) is 65.2 Å². The average molecular weight is 207 g/mol. The summed E-state index contributed by atoms with van der Waals surface area (Å²) in [6.45, 7) is 0. The number of nitrogens with zero attached hydrogens (tertiary/aromatic N) is 2. The van der Waals surface area contributed by atoms with Crippen LogP contribution in [0.25, 0.3) is 0 Å². The average Bonchev–Trinajstić information content (AvgIpc) is 2.43. The van der Waals surface area contributed by atoms with E-state index >= 15 is 0 Å². The molecule has 0 radical (unpaired) electrons. The van der Waals surface area contributed by atoms with E-state index in [4.69, 9.17) is 5.26 Å². The SMILES string of the molecule is N#CCCCC=NC1CCCCC(=O)N1. The van der Waals surface area contributed by atoms with Crippen LogP contribution in [0, 0.1) is 11.3 Å². The molecule has 1 N–H and O–H groups in total. The van der Waals surface area contributed by atoms with Crippen molar-refractivity contribution in [3.8, 4) is 6.07 Å². The molecule has 4 heteroatoms. The third-order valence-electron chi connectivity index (χ3n) is 2.37. The summed E-state index contributed by atoms with van der Waals surface area (Å²) in [6.07, 6.45) is 7.60. The minimum atomic E-state index is -0.0397. The summed E-state index contributed by atoms with van der Waals surface area (Å²) in [6, 6.07) is 2.09. The molecule has 1 heterocycles. The minimum absolute atomic E-state index is 0.0397. The summed E-state index contributed by atoms with van der Waals surface area (Å²) < 4.78 is 0. The molecule has 15 heavy (non-hydrogen) atoms. The van der Waals surface area contributed by atoms with Crippen molar-refractivity contribution in [3.05, 3.63) is 0 Å². The molecule has 1 amide bonds. The van der Waals surface area contributed by atoms with Gasteiger partial charge in [0.2, 0.25) is 5.91 Å². The first-order valence-corrected chi connectivity index (χ1v) is 5.51. The van der Waals surface area contributed by atoms with Gasteiger partial charge in [0.1, 0.15) is 6.17 Å². The second-order valence-corrected chi connectivity index (χ2v) is 3.71. The zero-order valence-corrected chi connectivity index (χ0v) is 8.91. The number of nitrogens with one attached hydrogen (secondary N) is 1. The van der Waals surface area contributed by atoms with Crippen molar-refractivity contribution in [1.29, 1.82) is 5.26 Å². The van der Waals surface area contributed by atoms with Crippen molar-refractivity contribution >= 4 is 12.1 Å². The maximum Gasteiger partial charge on any atom is 0.221 e. The lowest BCUT2D eigenvalue weighted by atomic mass is 10.2. The highest BCUT2D eigenvalue weighted by Gasteiger charge is 2.13. The maximum absolute atomic E-state index is 11.2. The van der Waals surface area contributed by atoms with Crippen molar-refractivity contribution in [3.63, 3.8) is 0 Å². The molecule has 4 nitrogen and oxygen atoms in total. The molecule has 1 aliphatic heterocycles. The Labute approximate surface area is 90.4 Å². The third kappa shape index (κ3) is 5.16. The molecule has 0 saturated carbocycles. The Bertz CT molecular complexity index is 267. The lowest BCUT2D eigenvalue weighted by Gasteiger charge is -2.09. The summed E-state index contributed by atoms with van der Waals surface area (Å²) >= 11 is 0. The van der Waals surface area contributed by atoms with Crippen LogP contribution < -0.4 is 5.32 Å². The number of carbonyl (C=O) groups excluding carboxylic acids is 1. The van der Waals surface area contributed by atoms with E-state index in [1.807, 2.05) is 6.21 Å². The fraction of sp³-hybridized carbons (Fsp3) is 0.727. The van der Waals surface area contributed by atoms with Gasteiger partial charge in [-0.1, -0.05) is 0 Å². The van der Waals surface area contributed by atoms with Gasteiger partial charge in [0.25, 0.3) is 0 Å². The smallest absolute Gasteiger partial charge is 0.221 e. The van der Waals surface area contributed by atoms with Gasteiger partial charge in [-0.05, 0) is 32.1 Å². The Hall–Kier alpha value is -1.37. The number of nitriles is 1. The number of carbonyl (C=O) groups is 1. The van der Waals surface area contributed by atoms with Crippen molar-refractivity contribution < 1.29 is 4.79 Å². The quantitative estimate of drug-likeness (QED) is 0.564. The highest BCUT2D eigenvalue weighted by molar-refractivity contribution is 5.76. The van der Waals surface area contributed by atoms with Crippen LogP contribution in [0.3, 0.4) is 0 Å². The first kappa shape index (κ1) is 11.7. The normalized spacial score (nSPS) is 22.1. The second-order valence-electron chi connectivity index (χ2n) is 3.71. The van der Waals surface area contributed by atoms with Crippen molar-refractivity contribution in [2.24, 2.45) is 4.99 Å². The van der Waals surface area contributed by atoms with Crippen molar-refractivity contribution in [2.45, 2.75) is 51.1 Å². The Morgan fingerprint density at radius 1 is 1.60 bits per heavy atom. The largest absolute Gasteiger partial charge is 0.334 e. The summed E-state index contributed by atoms with van der Waals surface area (Å²) in [5, 5.41) is 11.2. The highest BCUT2D eigenvalue weighted by Crippen LogP contribution is 2.09. The molecule has 1 atom stereocenters. The third-order valence-corrected chi connectivity index (χ3v) is 2.37. The van der Waals surface area contributed by atoms with Crippen LogP contribution in [0.2, 0.25) is 0 Å². The Morgan fingerprint density at radius 3 is 3.27 bits per heavy atom. The van der Waals surface area contributed by atoms with Gasteiger partial charge in [-0.15, -0.1) is 0 Å². The second kappa shape index (κ2) is 6.99. The first-order valence-electron chi connectivity index (χ1n) is 5.51. The Balaban J connectivity index is 2.23. The van der Waals surface area contributed by atoms with Crippen LogP contribution in [0.15, 0.2) is 4.99 Å². The molecular weight excluding hydrogens is 190 g/mol.